The molecule has 1 unspecified atom stereocenters. The smallest absolute Gasteiger partial charge is 0.227 e. The molecule has 7 heteroatoms. The average molecular weight is 345 g/mol. The van der Waals surface area contributed by atoms with E-state index in [-0.39, 0.29) is 11.8 Å². The minimum atomic E-state index is 0.0644. The van der Waals surface area contributed by atoms with E-state index in [0.717, 1.165) is 35.0 Å². The molecule has 0 bridgehead atoms. The molecular formula is C12H17BrN4OS. The van der Waals surface area contributed by atoms with Gasteiger partial charge in [-0.05, 0) is 28.6 Å². The van der Waals surface area contributed by atoms with Crippen LogP contribution in [0.15, 0.2) is 15.8 Å². The standard InChI is InChI=1S/C12H17BrN4OS/c1-16(2)11(18)8-4-5-17(7-8)10-9(13)6-14-12(15-10)19-3/h6,8H,4-5,7H2,1-3H3. The highest BCUT2D eigenvalue weighted by molar-refractivity contribution is 9.10. The van der Waals surface area contributed by atoms with Gasteiger partial charge in [-0.1, -0.05) is 11.8 Å². The highest BCUT2D eigenvalue weighted by Gasteiger charge is 2.31. The van der Waals surface area contributed by atoms with E-state index in [4.69, 9.17) is 0 Å². The van der Waals surface area contributed by atoms with Gasteiger partial charge in [0.25, 0.3) is 0 Å². The molecular weight excluding hydrogens is 328 g/mol. The van der Waals surface area contributed by atoms with Crippen molar-refractivity contribution in [2.75, 3.05) is 38.3 Å². The Morgan fingerprint density at radius 1 is 1.58 bits per heavy atom. The summed E-state index contributed by atoms with van der Waals surface area (Å²) in [5, 5.41) is 0.751. The molecule has 1 aromatic heterocycles. The SMILES string of the molecule is CSc1ncc(Br)c(N2CCC(C(=O)N(C)C)C2)n1. The first-order chi connectivity index (χ1) is 9.02. The van der Waals surface area contributed by atoms with E-state index in [1.54, 1.807) is 25.2 Å². The lowest BCUT2D eigenvalue weighted by Gasteiger charge is -2.20. The third-order valence-corrected chi connectivity index (χ3v) is 4.29. The first-order valence-electron chi connectivity index (χ1n) is 6.05. The predicted molar refractivity (Wildman–Crippen MR) is 80.5 cm³/mol. The molecule has 5 nitrogen and oxygen atoms in total. The molecule has 1 aliphatic rings. The van der Waals surface area contributed by atoms with E-state index >= 15 is 0 Å². The Bertz CT molecular complexity index is 483. The summed E-state index contributed by atoms with van der Waals surface area (Å²) in [6, 6.07) is 0. The van der Waals surface area contributed by atoms with Crippen LogP contribution >= 0.6 is 27.7 Å². The van der Waals surface area contributed by atoms with Gasteiger partial charge in [0.1, 0.15) is 5.82 Å². The van der Waals surface area contributed by atoms with Gasteiger partial charge in [0, 0.05) is 33.4 Å². The lowest BCUT2D eigenvalue weighted by Crippen LogP contribution is -2.32. The van der Waals surface area contributed by atoms with Crippen molar-refractivity contribution in [1.82, 2.24) is 14.9 Å². The van der Waals surface area contributed by atoms with Gasteiger partial charge in [-0.3, -0.25) is 4.79 Å². The number of aromatic nitrogens is 2. The van der Waals surface area contributed by atoms with Crippen LogP contribution in [0.2, 0.25) is 0 Å². The van der Waals surface area contributed by atoms with Crippen LogP contribution in [0.1, 0.15) is 6.42 Å². The van der Waals surface area contributed by atoms with Gasteiger partial charge in [0.2, 0.25) is 5.91 Å². The molecule has 0 aliphatic carbocycles. The highest BCUT2D eigenvalue weighted by atomic mass is 79.9. The summed E-state index contributed by atoms with van der Waals surface area (Å²) in [5.41, 5.74) is 0. The van der Waals surface area contributed by atoms with Crippen LogP contribution in [0.25, 0.3) is 0 Å². The Kier molecular flexibility index (Phi) is 4.67. The second-order valence-electron chi connectivity index (χ2n) is 4.69. The van der Waals surface area contributed by atoms with Crippen molar-refractivity contribution < 1.29 is 4.79 Å². The zero-order valence-electron chi connectivity index (χ0n) is 11.3. The third-order valence-electron chi connectivity index (χ3n) is 3.16. The normalized spacial score (nSPS) is 18.7. The Morgan fingerprint density at radius 3 is 2.95 bits per heavy atom. The number of carbonyl (C=O) groups excluding carboxylic acids is 1. The largest absolute Gasteiger partial charge is 0.355 e. The molecule has 1 fully saturated rings. The van der Waals surface area contributed by atoms with Gasteiger partial charge in [0.15, 0.2) is 5.16 Å². The molecule has 0 spiro atoms. The fourth-order valence-electron chi connectivity index (χ4n) is 2.18. The zero-order valence-corrected chi connectivity index (χ0v) is 13.7. The summed E-state index contributed by atoms with van der Waals surface area (Å²) in [7, 11) is 3.61. The molecule has 1 atom stereocenters. The summed E-state index contributed by atoms with van der Waals surface area (Å²) >= 11 is 5.00. The van der Waals surface area contributed by atoms with Crippen LogP contribution < -0.4 is 4.90 Å². The Balaban J connectivity index is 2.14. The minimum absolute atomic E-state index is 0.0644. The van der Waals surface area contributed by atoms with Crippen LogP contribution in [-0.2, 0) is 4.79 Å². The fraction of sp³-hybridized carbons (Fsp3) is 0.583. The molecule has 2 heterocycles. The van der Waals surface area contributed by atoms with E-state index in [2.05, 4.69) is 30.8 Å². The summed E-state index contributed by atoms with van der Waals surface area (Å²) in [5.74, 6) is 1.14. The third kappa shape index (κ3) is 3.20. The molecule has 2 rings (SSSR count). The van der Waals surface area contributed by atoms with Crippen LogP contribution in [0.4, 0.5) is 5.82 Å². The van der Waals surface area contributed by atoms with Crippen molar-refractivity contribution in [2.24, 2.45) is 5.92 Å². The second kappa shape index (κ2) is 6.09. The van der Waals surface area contributed by atoms with E-state index in [1.165, 1.54) is 11.8 Å². The fourth-order valence-corrected chi connectivity index (χ4v) is 2.96. The quantitative estimate of drug-likeness (QED) is 0.618. The number of carbonyl (C=O) groups is 1. The van der Waals surface area contributed by atoms with E-state index in [9.17, 15) is 4.79 Å². The van der Waals surface area contributed by atoms with Crippen molar-refractivity contribution in [3.63, 3.8) is 0 Å². The zero-order chi connectivity index (χ0) is 14.0. The number of hydrogen-bond donors (Lipinski definition) is 0. The number of rotatable bonds is 3. The predicted octanol–water partition coefficient (Wildman–Crippen LogP) is 1.88. The number of nitrogens with zero attached hydrogens (tertiary/aromatic N) is 4. The van der Waals surface area contributed by atoms with Crippen molar-refractivity contribution in [2.45, 2.75) is 11.6 Å². The number of amides is 1. The molecule has 1 aromatic rings. The number of halogens is 1. The molecule has 0 N–H and O–H groups in total. The van der Waals surface area contributed by atoms with Gasteiger partial charge in [-0.25, -0.2) is 9.97 Å². The Labute approximate surface area is 125 Å². The monoisotopic (exact) mass is 344 g/mol. The molecule has 1 saturated heterocycles. The lowest BCUT2D eigenvalue weighted by molar-refractivity contribution is -0.132. The second-order valence-corrected chi connectivity index (χ2v) is 6.32. The van der Waals surface area contributed by atoms with Crippen LogP contribution in [0.3, 0.4) is 0 Å². The van der Waals surface area contributed by atoms with Crippen molar-refractivity contribution in [3.8, 4) is 0 Å². The maximum absolute atomic E-state index is 12.0. The number of anilines is 1. The molecule has 19 heavy (non-hydrogen) atoms. The maximum Gasteiger partial charge on any atom is 0.227 e. The number of hydrogen-bond acceptors (Lipinski definition) is 5. The average Bonchev–Trinajstić information content (AvgIpc) is 2.87. The van der Waals surface area contributed by atoms with Gasteiger partial charge >= 0.3 is 0 Å². The summed E-state index contributed by atoms with van der Waals surface area (Å²) in [6.45, 7) is 1.58. The Morgan fingerprint density at radius 2 is 2.32 bits per heavy atom. The van der Waals surface area contributed by atoms with E-state index in [0.29, 0.717) is 0 Å². The van der Waals surface area contributed by atoms with Crippen LogP contribution in [0.5, 0.6) is 0 Å². The first-order valence-corrected chi connectivity index (χ1v) is 8.07. The van der Waals surface area contributed by atoms with Crippen LogP contribution in [-0.4, -0.2) is 54.2 Å². The van der Waals surface area contributed by atoms with Crippen molar-refractivity contribution >= 4 is 39.4 Å². The topological polar surface area (TPSA) is 49.3 Å². The molecule has 104 valence electrons. The van der Waals surface area contributed by atoms with Crippen molar-refractivity contribution in [1.29, 1.82) is 0 Å². The van der Waals surface area contributed by atoms with E-state index < -0.39 is 0 Å². The molecule has 0 saturated carbocycles. The maximum atomic E-state index is 12.0. The van der Waals surface area contributed by atoms with Gasteiger partial charge < -0.3 is 9.80 Å². The lowest BCUT2D eigenvalue weighted by atomic mass is 10.1. The summed E-state index contributed by atoms with van der Waals surface area (Å²) in [4.78, 5) is 24.5. The first kappa shape index (κ1) is 14.6. The van der Waals surface area contributed by atoms with E-state index in [1.807, 2.05) is 6.26 Å². The number of thioether (sulfide) groups is 1. The van der Waals surface area contributed by atoms with Gasteiger partial charge in [-0.2, -0.15) is 0 Å². The van der Waals surface area contributed by atoms with Crippen LogP contribution in [0, 0.1) is 5.92 Å². The van der Waals surface area contributed by atoms with Crippen molar-refractivity contribution in [3.05, 3.63) is 10.7 Å². The van der Waals surface area contributed by atoms with Gasteiger partial charge in [0.05, 0.1) is 10.4 Å². The molecule has 0 radical (unpaired) electrons. The molecule has 0 aromatic carbocycles. The molecule has 1 aliphatic heterocycles. The van der Waals surface area contributed by atoms with Gasteiger partial charge in [-0.15, -0.1) is 0 Å². The summed E-state index contributed by atoms with van der Waals surface area (Å²) < 4.78 is 0.878. The minimum Gasteiger partial charge on any atom is -0.355 e. The summed E-state index contributed by atoms with van der Waals surface area (Å²) in [6.07, 6.45) is 4.60. The molecule has 1 amide bonds. The Hall–Kier alpha value is -0.820. The highest BCUT2D eigenvalue weighted by Crippen LogP contribution is 2.30.